The molecule has 26 heavy (non-hydrogen) atoms. The molecular formula is C20H25N3O3. The Kier molecular flexibility index (Phi) is 6.74. The summed E-state index contributed by atoms with van der Waals surface area (Å²) in [6, 6.07) is 14.7. The third-order valence-electron chi connectivity index (χ3n) is 4.00. The average Bonchev–Trinajstić information content (AvgIpc) is 2.61. The van der Waals surface area contributed by atoms with Gasteiger partial charge in [0.25, 0.3) is 5.91 Å². The highest BCUT2D eigenvalue weighted by Gasteiger charge is 2.16. The van der Waals surface area contributed by atoms with E-state index in [1.54, 1.807) is 31.4 Å². The number of amides is 2. The van der Waals surface area contributed by atoms with Crippen LogP contribution in [-0.4, -0.2) is 44.5 Å². The average molecular weight is 355 g/mol. The fourth-order valence-electron chi connectivity index (χ4n) is 2.68. The molecule has 0 spiro atoms. The highest BCUT2D eigenvalue weighted by Crippen LogP contribution is 2.22. The number of anilines is 1. The number of nitrogens with zero attached hydrogens (tertiary/aromatic N) is 1. The monoisotopic (exact) mass is 355 g/mol. The van der Waals surface area contributed by atoms with Gasteiger partial charge in [-0.25, -0.2) is 0 Å². The van der Waals surface area contributed by atoms with Gasteiger partial charge in [-0.1, -0.05) is 18.2 Å². The number of ether oxygens (including phenoxy) is 1. The first kappa shape index (κ1) is 19.5. The summed E-state index contributed by atoms with van der Waals surface area (Å²) in [5, 5.41) is 5.64. The molecule has 2 rings (SSSR count). The zero-order valence-corrected chi connectivity index (χ0v) is 15.6. The van der Waals surface area contributed by atoms with Gasteiger partial charge in [0.05, 0.1) is 13.2 Å². The number of carbonyl (C=O) groups is 2. The molecule has 0 aromatic heterocycles. The lowest BCUT2D eigenvalue weighted by Crippen LogP contribution is -2.34. The molecule has 2 amide bonds. The first-order valence-corrected chi connectivity index (χ1v) is 8.37. The Balaban J connectivity index is 2.09. The van der Waals surface area contributed by atoms with Crippen molar-refractivity contribution >= 4 is 17.5 Å². The van der Waals surface area contributed by atoms with Gasteiger partial charge in [0, 0.05) is 24.7 Å². The maximum absolute atomic E-state index is 12.5. The van der Waals surface area contributed by atoms with Gasteiger partial charge in [0.15, 0.2) is 0 Å². The molecule has 138 valence electrons. The summed E-state index contributed by atoms with van der Waals surface area (Å²) < 4.78 is 5.28. The summed E-state index contributed by atoms with van der Waals surface area (Å²) in [6.07, 6.45) is 0. The highest BCUT2D eigenvalue weighted by atomic mass is 16.5. The SMILES string of the molecule is COc1cccc(C(CNC(=O)c2cccc(NC(C)=O)c2)N(C)C)c1. The minimum atomic E-state index is -0.188. The Labute approximate surface area is 154 Å². The summed E-state index contributed by atoms with van der Waals surface area (Å²) in [5.74, 6) is 0.420. The van der Waals surface area contributed by atoms with Gasteiger partial charge in [-0.3, -0.25) is 9.59 Å². The molecule has 0 bridgehead atoms. The molecule has 0 saturated carbocycles. The van der Waals surface area contributed by atoms with Crippen LogP contribution < -0.4 is 15.4 Å². The highest BCUT2D eigenvalue weighted by molar-refractivity contribution is 5.96. The number of likely N-dealkylation sites (N-methyl/N-ethyl adjacent to an activating group) is 1. The second-order valence-electron chi connectivity index (χ2n) is 6.23. The molecule has 0 heterocycles. The molecule has 0 radical (unpaired) electrons. The van der Waals surface area contributed by atoms with Crippen LogP contribution >= 0.6 is 0 Å². The third-order valence-corrected chi connectivity index (χ3v) is 4.00. The topological polar surface area (TPSA) is 70.7 Å². The first-order valence-electron chi connectivity index (χ1n) is 8.37. The minimum absolute atomic E-state index is 0.00702. The number of carbonyl (C=O) groups excluding carboxylic acids is 2. The van der Waals surface area contributed by atoms with E-state index in [9.17, 15) is 9.59 Å². The lowest BCUT2D eigenvalue weighted by atomic mass is 10.1. The van der Waals surface area contributed by atoms with Crippen LogP contribution in [0.25, 0.3) is 0 Å². The smallest absolute Gasteiger partial charge is 0.251 e. The van der Waals surface area contributed by atoms with Gasteiger partial charge in [0.1, 0.15) is 5.75 Å². The van der Waals surface area contributed by atoms with Gasteiger partial charge in [0.2, 0.25) is 5.91 Å². The number of benzene rings is 2. The summed E-state index contributed by atoms with van der Waals surface area (Å²) >= 11 is 0. The second-order valence-corrected chi connectivity index (χ2v) is 6.23. The van der Waals surface area contributed by atoms with Crippen LogP contribution in [0.1, 0.15) is 28.9 Å². The van der Waals surface area contributed by atoms with E-state index in [2.05, 4.69) is 10.6 Å². The van der Waals surface area contributed by atoms with Crippen molar-refractivity contribution in [3.8, 4) is 5.75 Å². The predicted molar refractivity (Wildman–Crippen MR) is 103 cm³/mol. The Morgan fingerprint density at radius 3 is 2.50 bits per heavy atom. The van der Waals surface area contributed by atoms with Crippen LogP contribution in [0.2, 0.25) is 0 Å². The first-order chi connectivity index (χ1) is 12.4. The van der Waals surface area contributed by atoms with Crippen molar-refractivity contribution in [3.63, 3.8) is 0 Å². The normalized spacial score (nSPS) is 11.7. The van der Waals surface area contributed by atoms with Crippen LogP contribution in [0.5, 0.6) is 5.75 Å². The molecule has 2 aromatic rings. The standard InChI is InChI=1S/C20H25N3O3/c1-14(24)22-17-9-5-8-16(11-17)20(25)21-13-19(23(2)3)15-7-6-10-18(12-15)26-4/h5-12,19H,13H2,1-4H3,(H,21,25)(H,22,24). The molecule has 2 N–H and O–H groups in total. The molecule has 6 heteroatoms. The van der Waals surface area contributed by atoms with Gasteiger partial charge in [-0.2, -0.15) is 0 Å². The van der Waals surface area contributed by atoms with Crippen molar-refractivity contribution in [1.82, 2.24) is 10.2 Å². The maximum atomic E-state index is 12.5. The molecule has 0 aliphatic rings. The van der Waals surface area contributed by atoms with Crippen LogP contribution in [0.4, 0.5) is 5.69 Å². The van der Waals surface area contributed by atoms with Crippen LogP contribution in [-0.2, 0) is 4.79 Å². The van der Waals surface area contributed by atoms with Gasteiger partial charge in [-0.05, 0) is 50.0 Å². The predicted octanol–water partition coefficient (Wildman–Crippen LogP) is 2.69. The molecule has 6 nitrogen and oxygen atoms in total. The Morgan fingerprint density at radius 1 is 1.12 bits per heavy atom. The van der Waals surface area contributed by atoms with Crippen molar-refractivity contribution in [1.29, 1.82) is 0 Å². The Bertz CT molecular complexity index is 774. The van der Waals surface area contributed by atoms with Gasteiger partial charge >= 0.3 is 0 Å². The van der Waals surface area contributed by atoms with Crippen molar-refractivity contribution in [2.24, 2.45) is 0 Å². The van der Waals surface area contributed by atoms with E-state index in [1.807, 2.05) is 43.3 Å². The fourth-order valence-corrected chi connectivity index (χ4v) is 2.68. The van der Waals surface area contributed by atoms with E-state index in [4.69, 9.17) is 4.74 Å². The zero-order valence-electron chi connectivity index (χ0n) is 15.6. The molecule has 0 saturated heterocycles. The van der Waals surface area contributed by atoms with E-state index in [1.165, 1.54) is 6.92 Å². The van der Waals surface area contributed by atoms with Crippen LogP contribution in [0.3, 0.4) is 0 Å². The maximum Gasteiger partial charge on any atom is 0.251 e. The van der Waals surface area contributed by atoms with E-state index in [-0.39, 0.29) is 17.9 Å². The fraction of sp³-hybridized carbons (Fsp3) is 0.300. The van der Waals surface area contributed by atoms with E-state index >= 15 is 0 Å². The summed E-state index contributed by atoms with van der Waals surface area (Å²) in [7, 11) is 5.56. The van der Waals surface area contributed by atoms with Crippen molar-refractivity contribution < 1.29 is 14.3 Å². The molecule has 1 unspecified atom stereocenters. The largest absolute Gasteiger partial charge is 0.497 e. The van der Waals surface area contributed by atoms with E-state index < -0.39 is 0 Å². The number of methoxy groups -OCH3 is 1. The molecule has 2 aromatic carbocycles. The number of hydrogen-bond acceptors (Lipinski definition) is 4. The van der Waals surface area contributed by atoms with Gasteiger partial charge < -0.3 is 20.3 Å². The number of hydrogen-bond donors (Lipinski definition) is 2. The second kappa shape index (κ2) is 9.01. The van der Waals surface area contributed by atoms with Crippen LogP contribution in [0.15, 0.2) is 48.5 Å². The van der Waals surface area contributed by atoms with Crippen LogP contribution in [0, 0.1) is 0 Å². The summed E-state index contributed by atoms with van der Waals surface area (Å²) in [5.41, 5.74) is 2.16. The zero-order chi connectivity index (χ0) is 19.1. The van der Waals surface area contributed by atoms with Crippen molar-refractivity contribution in [3.05, 3.63) is 59.7 Å². The Hall–Kier alpha value is -2.86. The van der Waals surface area contributed by atoms with E-state index in [0.29, 0.717) is 17.8 Å². The summed E-state index contributed by atoms with van der Waals surface area (Å²) in [6.45, 7) is 1.88. The third kappa shape index (κ3) is 5.32. The minimum Gasteiger partial charge on any atom is -0.497 e. The lowest BCUT2D eigenvalue weighted by Gasteiger charge is -2.25. The van der Waals surface area contributed by atoms with Crippen molar-refractivity contribution in [2.75, 3.05) is 33.1 Å². The van der Waals surface area contributed by atoms with Gasteiger partial charge in [-0.15, -0.1) is 0 Å². The molecule has 0 aliphatic heterocycles. The van der Waals surface area contributed by atoms with E-state index in [0.717, 1.165) is 11.3 Å². The number of nitrogens with one attached hydrogen (secondary N) is 2. The number of rotatable bonds is 7. The molecular weight excluding hydrogens is 330 g/mol. The molecule has 0 fully saturated rings. The summed E-state index contributed by atoms with van der Waals surface area (Å²) in [4.78, 5) is 25.7. The molecule has 1 atom stereocenters. The lowest BCUT2D eigenvalue weighted by molar-refractivity contribution is -0.114. The van der Waals surface area contributed by atoms with Crippen molar-refractivity contribution in [2.45, 2.75) is 13.0 Å². The molecule has 0 aliphatic carbocycles. The Morgan fingerprint density at radius 2 is 1.85 bits per heavy atom. The quantitative estimate of drug-likeness (QED) is 0.801.